The molecule has 1 rings (SSSR count). The van der Waals surface area contributed by atoms with Crippen molar-refractivity contribution < 1.29 is 0 Å². The van der Waals surface area contributed by atoms with Crippen molar-refractivity contribution >= 4 is 0 Å². The van der Waals surface area contributed by atoms with Crippen molar-refractivity contribution in [3.8, 4) is 0 Å². The van der Waals surface area contributed by atoms with E-state index in [0.717, 1.165) is 5.82 Å². The van der Waals surface area contributed by atoms with Gasteiger partial charge in [0, 0.05) is 0 Å². The first-order valence-corrected chi connectivity index (χ1v) is 2.69. The Balaban J connectivity index is 2.61. The van der Waals surface area contributed by atoms with Crippen molar-refractivity contribution in [2.45, 2.75) is 6.54 Å². The van der Waals surface area contributed by atoms with Crippen LogP contribution in [0.3, 0.4) is 0 Å². The molecule has 0 aliphatic carbocycles. The highest BCUT2D eigenvalue weighted by Gasteiger charge is 1.87. The van der Waals surface area contributed by atoms with Crippen LogP contribution in [0.5, 0.6) is 0 Å². The van der Waals surface area contributed by atoms with E-state index in [0.29, 0.717) is 6.54 Å². The predicted molar refractivity (Wildman–Crippen MR) is 32.6 cm³/mol. The van der Waals surface area contributed by atoms with Gasteiger partial charge in [-0.05, 0) is 7.05 Å². The van der Waals surface area contributed by atoms with Crippen LogP contribution in [0, 0.1) is 0 Å². The lowest BCUT2D eigenvalue weighted by Crippen LogP contribution is -2.08. The SMILES string of the molecule is CNCc1ncncn1. The molecular weight excluding hydrogens is 116 g/mol. The van der Waals surface area contributed by atoms with E-state index >= 15 is 0 Å². The van der Waals surface area contributed by atoms with Crippen LogP contribution in [-0.2, 0) is 6.54 Å². The van der Waals surface area contributed by atoms with E-state index in [1.165, 1.54) is 12.7 Å². The number of rotatable bonds is 2. The zero-order chi connectivity index (χ0) is 6.53. The van der Waals surface area contributed by atoms with Gasteiger partial charge in [-0.15, -0.1) is 0 Å². The summed E-state index contributed by atoms with van der Waals surface area (Å²) in [4.78, 5) is 11.4. The summed E-state index contributed by atoms with van der Waals surface area (Å²) < 4.78 is 0. The van der Waals surface area contributed by atoms with Crippen molar-refractivity contribution in [2.75, 3.05) is 7.05 Å². The molecular formula is C5H8N4. The third-order valence-electron chi connectivity index (χ3n) is 0.882. The van der Waals surface area contributed by atoms with Gasteiger partial charge in [0.15, 0.2) is 0 Å². The number of aromatic nitrogens is 3. The van der Waals surface area contributed by atoms with Crippen LogP contribution in [0.25, 0.3) is 0 Å². The third-order valence-corrected chi connectivity index (χ3v) is 0.882. The largest absolute Gasteiger partial charge is 0.313 e. The van der Waals surface area contributed by atoms with E-state index in [2.05, 4.69) is 20.3 Å². The molecule has 0 saturated carbocycles. The lowest BCUT2D eigenvalue weighted by Gasteiger charge is -1.93. The molecule has 1 N–H and O–H groups in total. The second kappa shape index (κ2) is 3.09. The molecule has 0 radical (unpaired) electrons. The molecule has 0 amide bonds. The fourth-order valence-electron chi connectivity index (χ4n) is 0.513. The molecule has 0 saturated heterocycles. The van der Waals surface area contributed by atoms with Gasteiger partial charge in [0.2, 0.25) is 0 Å². The van der Waals surface area contributed by atoms with E-state index in [4.69, 9.17) is 0 Å². The van der Waals surface area contributed by atoms with Gasteiger partial charge in [0.05, 0.1) is 6.54 Å². The fraction of sp³-hybridized carbons (Fsp3) is 0.400. The maximum atomic E-state index is 3.88. The maximum Gasteiger partial charge on any atom is 0.145 e. The van der Waals surface area contributed by atoms with Gasteiger partial charge in [-0.25, -0.2) is 15.0 Å². The van der Waals surface area contributed by atoms with E-state index in [9.17, 15) is 0 Å². The highest BCUT2D eigenvalue weighted by molar-refractivity contribution is 4.78. The standard InChI is InChI=1S/C5H8N4/c1-6-2-5-8-3-7-4-9-5/h3-4,6H,2H2,1H3. The van der Waals surface area contributed by atoms with Gasteiger partial charge >= 0.3 is 0 Å². The molecule has 4 nitrogen and oxygen atoms in total. The van der Waals surface area contributed by atoms with Crippen molar-refractivity contribution in [3.05, 3.63) is 18.5 Å². The average Bonchev–Trinajstić information content (AvgIpc) is 1.91. The Labute approximate surface area is 53.4 Å². The molecule has 0 aliphatic heterocycles. The summed E-state index contributed by atoms with van der Waals surface area (Å²) in [6.45, 7) is 0.697. The maximum absolute atomic E-state index is 3.88. The summed E-state index contributed by atoms with van der Waals surface area (Å²) in [6.07, 6.45) is 2.97. The normalized spacial score (nSPS) is 9.44. The molecule has 0 aromatic carbocycles. The molecule has 48 valence electrons. The van der Waals surface area contributed by atoms with Gasteiger partial charge in [-0.1, -0.05) is 0 Å². The van der Waals surface area contributed by atoms with Crippen LogP contribution in [-0.4, -0.2) is 22.0 Å². The molecule has 0 atom stereocenters. The lowest BCUT2D eigenvalue weighted by atomic mass is 10.6. The Hall–Kier alpha value is -1.03. The first-order valence-electron chi connectivity index (χ1n) is 2.69. The summed E-state index contributed by atoms with van der Waals surface area (Å²) >= 11 is 0. The van der Waals surface area contributed by atoms with Gasteiger partial charge in [0.25, 0.3) is 0 Å². The summed E-state index contributed by atoms with van der Waals surface area (Å²) in [6, 6.07) is 0. The quantitative estimate of drug-likeness (QED) is 0.582. The second-order valence-corrected chi connectivity index (χ2v) is 1.58. The van der Waals surface area contributed by atoms with Crippen molar-refractivity contribution in [1.82, 2.24) is 20.3 Å². The summed E-state index contributed by atoms with van der Waals surface area (Å²) in [5, 5.41) is 2.93. The minimum atomic E-state index is 0.697. The van der Waals surface area contributed by atoms with E-state index < -0.39 is 0 Å². The Kier molecular flexibility index (Phi) is 2.09. The number of hydrogen-bond donors (Lipinski definition) is 1. The molecule has 0 fully saturated rings. The zero-order valence-corrected chi connectivity index (χ0v) is 5.20. The van der Waals surface area contributed by atoms with Gasteiger partial charge < -0.3 is 5.32 Å². The molecule has 0 aliphatic rings. The van der Waals surface area contributed by atoms with Crippen LogP contribution >= 0.6 is 0 Å². The Morgan fingerprint density at radius 3 is 2.67 bits per heavy atom. The molecule has 0 bridgehead atoms. The minimum Gasteiger partial charge on any atom is -0.313 e. The van der Waals surface area contributed by atoms with E-state index in [1.54, 1.807) is 0 Å². The predicted octanol–water partition coefficient (Wildman–Crippen LogP) is -0.409. The monoisotopic (exact) mass is 124 g/mol. The Morgan fingerprint density at radius 1 is 1.44 bits per heavy atom. The van der Waals surface area contributed by atoms with E-state index in [1.807, 2.05) is 7.05 Å². The Bertz CT molecular complexity index is 162. The van der Waals surface area contributed by atoms with Crippen molar-refractivity contribution in [2.24, 2.45) is 0 Å². The minimum absolute atomic E-state index is 0.697. The number of nitrogens with zero attached hydrogens (tertiary/aromatic N) is 3. The van der Waals surface area contributed by atoms with Crippen LogP contribution in [0.4, 0.5) is 0 Å². The average molecular weight is 124 g/mol. The first-order chi connectivity index (χ1) is 4.43. The molecule has 1 aromatic rings. The lowest BCUT2D eigenvalue weighted by molar-refractivity contribution is 0.747. The third kappa shape index (κ3) is 1.73. The molecule has 0 spiro atoms. The van der Waals surface area contributed by atoms with Gasteiger partial charge in [0.1, 0.15) is 18.5 Å². The zero-order valence-electron chi connectivity index (χ0n) is 5.20. The number of hydrogen-bond acceptors (Lipinski definition) is 4. The number of nitrogens with one attached hydrogen (secondary N) is 1. The highest BCUT2D eigenvalue weighted by atomic mass is 15.0. The van der Waals surface area contributed by atoms with Crippen LogP contribution in [0.2, 0.25) is 0 Å². The van der Waals surface area contributed by atoms with Crippen molar-refractivity contribution in [1.29, 1.82) is 0 Å². The van der Waals surface area contributed by atoms with Crippen molar-refractivity contribution in [3.63, 3.8) is 0 Å². The molecule has 4 heteroatoms. The van der Waals surface area contributed by atoms with Gasteiger partial charge in [-0.3, -0.25) is 0 Å². The smallest absolute Gasteiger partial charge is 0.145 e. The molecule has 1 aromatic heterocycles. The summed E-state index contributed by atoms with van der Waals surface area (Å²) in [5.41, 5.74) is 0. The first kappa shape index (κ1) is 6.10. The molecule has 1 heterocycles. The van der Waals surface area contributed by atoms with Crippen LogP contribution < -0.4 is 5.32 Å². The Morgan fingerprint density at radius 2 is 2.11 bits per heavy atom. The summed E-state index contributed by atoms with van der Waals surface area (Å²) in [7, 11) is 1.85. The summed E-state index contributed by atoms with van der Waals surface area (Å²) in [5.74, 6) is 0.771. The highest BCUT2D eigenvalue weighted by Crippen LogP contribution is 1.80. The van der Waals surface area contributed by atoms with Gasteiger partial charge in [-0.2, -0.15) is 0 Å². The van der Waals surface area contributed by atoms with Crippen LogP contribution in [0.15, 0.2) is 12.7 Å². The molecule has 9 heavy (non-hydrogen) atoms. The fourth-order valence-corrected chi connectivity index (χ4v) is 0.513. The molecule has 0 unspecified atom stereocenters. The second-order valence-electron chi connectivity index (χ2n) is 1.58. The van der Waals surface area contributed by atoms with E-state index in [-0.39, 0.29) is 0 Å². The van der Waals surface area contributed by atoms with Crippen LogP contribution in [0.1, 0.15) is 5.82 Å². The topological polar surface area (TPSA) is 50.7 Å².